The summed E-state index contributed by atoms with van der Waals surface area (Å²) in [7, 11) is 0. The van der Waals surface area contributed by atoms with Crippen LogP contribution < -0.4 is 42.6 Å². The summed E-state index contributed by atoms with van der Waals surface area (Å²) in [6.07, 6.45) is 10.5. The number of anilines is 6. The molecule has 2 saturated carbocycles. The first-order valence-electron chi connectivity index (χ1n) is 27.2. The van der Waals surface area contributed by atoms with E-state index < -0.39 is 0 Å². The van der Waals surface area contributed by atoms with Gasteiger partial charge in [-0.3, -0.25) is 0 Å². The lowest BCUT2D eigenvalue weighted by molar-refractivity contribution is 0.724. The molecule has 0 bridgehead atoms. The molecule has 0 aromatic heterocycles. The molecule has 0 saturated heterocycles. The van der Waals surface area contributed by atoms with Crippen molar-refractivity contribution in [2.45, 2.75) is 105 Å². The van der Waals surface area contributed by atoms with Crippen LogP contribution >= 0.6 is 0 Å². The maximum Gasteiger partial charge on any atom is 0.248 e. The Morgan fingerprint density at radius 1 is 0.347 bits per heavy atom. The highest BCUT2D eigenvalue weighted by molar-refractivity contribution is 7.01. The van der Waals surface area contributed by atoms with Gasteiger partial charge in [-0.05, 0) is 179 Å². The summed E-state index contributed by atoms with van der Waals surface area (Å²) in [6.45, 7) is 14.0. The van der Waals surface area contributed by atoms with Crippen LogP contribution in [0.1, 0.15) is 108 Å². The van der Waals surface area contributed by atoms with E-state index in [0.717, 1.165) is 0 Å². The Hall–Kier alpha value is -7.03. The summed E-state index contributed by atoms with van der Waals surface area (Å²) < 4.78 is 0. The quantitative estimate of drug-likeness (QED) is 0.162. The van der Waals surface area contributed by atoms with Crippen LogP contribution in [-0.2, 0) is 0 Å². The van der Waals surface area contributed by atoms with E-state index in [2.05, 4.69) is 197 Å². The summed E-state index contributed by atoms with van der Waals surface area (Å²) in [5.74, 6) is 1.30. The molecule has 72 heavy (non-hydrogen) atoms. The van der Waals surface area contributed by atoms with Crippen molar-refractivity contribution in [1.29, 1.82) is 0 Å². The molecule has 0 amide bonds. The van der Waals surface area contributed by atoms with Gasteiger partial charge in [-0.15, -0.1) is 0 Å². The van der Waals surface area contributed by atoms with Crippen LogP contribution in [0, 0.1) is 41.5 Å². The molecule has 0 radical (unpaired) electrons. The number of benzene rings is 10. The molecular weight excluding hydrogens is 866 g/mol. The Morgan fingerprint density at radius 3 is 1.12 bits per heavy atom. The van der Waals surface area contributed by atoms with Crippen LogP contribution in [0.3, 0.4) is 0 Å². The van der Waals surface area contributed by atoms with Gasteiger partial charge in [0.25, 0.3) is 0 Å². The van der Waals surface area contributed by atoms with Crippen molar-refractivity contribution in [2.24, 2.45) is 0 Å². The average Bonchev–Trinajstić information content (AvgIpc) is 4.13. The van der Waals surface area contributed by atoms with E-state index in [1.807, 2.05) is 0 Å². The van der Waals surface area contributed by atoms with Crippen LogP contribution in [0.25, 0.3) is 43.1 Å². The van der Waals surface area contributed by atoms with Crippen molar-refractivity contribution in [3.8, 4) is 0 Å². The second kappa shape index (κ2) is 15.7. The highest BCUT2D eigenvalue weighted by Gasteiger charge is 2.48. The van der Waals surface area contributed by atoms with Gasteiger partial charge in [0.15, 0.2) is 0 Å². The van der Waals surface area contributed by atoms with Crippen molar-refractivity contribution in [3.05, 3.63) is 190 Å². The molecule has 2 fully saturated rings. The number of rotatable bonds is 4. The van der Waals surface area contributed by atoms with Gasteiger partial charge < -0.3 is 9.80 Å². The second-order valence-electron chi connectivity index (χ2n) is 22.9. The van der Waals surface area contributed by atoms with Crippen LogP contribution in [0.5, 0.6) is 0 Å². The third kappa shape index (κ3) is 6.11. The van der Waals surface area contributed by atoms with Crippen molar-refractivity contribution in [2.75, 3.05) is 9.80 Å². The molecular formula is C68H60B2N2. The number of fused-ring (bicyclic) bond motifs is 12. The minimum atomic E-state index is 0.0122. The third-order valence-electron chi connectivity index (χ3n) is 18.4. The fraction of sp³-hybridized carbons (Fsp3) is 0.235. The van der Waals surface area contributed by atoms with Gasteiger partial charge in [-0.2, -0.15) is 0 Å². The van der Waals surface area contributed by atoms with Gasteiger partial charge in [-0.1, -0.05) is 191 Å². The largest absolute Gasteiger partial charge is 0.307 e. The Labute approximate surface area is 425 Å². The van der Waals surface area contributed by atoms with Crippen molar-refractivity contribution in [1.82, 2.24) is 0 Å². The number of nitrogens with zero attached hydrogens (tertiary/aromatic N) is 2. The first-order valence-corrected chi connectivity index (χ1v) is 27.2. The number of hydrogen-bond acceptors (Lipinski definition) is 2. The molecule has 3 aliphatic heterocycles. The molecule has 2 nitrogen and oxygen atoms in total. The molecule has 5 aliphatic rings. The summed E-state index contributed by atoms with van der Waals surface area (Å²) in [6, 6.07) is 58.8. The van der Waals surface area contributed by atoms with Gasteiger partial charge in [0.1, 0.15) is 0 Å². The molecule has 10 aromatic rings. The minimum absolute atomic E-state index is 0.0122. The van der Waals surface area contributed by atoms with Gasteiger partial charge in [-0.25, -0.2) is 0 Å². The van der Waals surface area contributed by atoms with E-state index >= 15 is 0 Å². The maximum absolute atomic E-state index is 2.75. The Kier molecular flexibility index (Phi) is 9.32. The number of aryl methyl sites for hydroxylation is 6. The number of hydrogen-bond donors (Lipinski definition) is 0. The predicted octanol–water partition coefficient (Wildman–Crippen LogP) is 14.4. The van der Waals surface area contributed by atoms with E-state index in [1.54, 1.807) is 0 Å². The van der Waals surface area contributed by atoms with Crippen LogP contribution in [0.15, 0.2) is 146 Å². The maximum atomic E-state index is 2.75. The molecule has 0 atom stereocenters. The van der Waals surface area contributed by atoms with Gasteiger partial charge >= 0.3 is 0 Å². The first-order chi connectivity index (χ1) is 35.2. The summed E-state index contributed by atoms with van der Waals surface area (Å²) in [5, 5.41) is 10.6. The molecule has 0 N–H and O–H groups in total. The fourth-order valence-electron chi connectivity index (χ4n) is 15.6. The smallest absolute Gasteiger partial charge is 0.248 e. The SMILES string of the molecule is Cc1cc(C)c(B2c3cc4cc(C5CCCC5)ccc4cc3N3c4cc5ccccc5c5c4N(c4cc6ccc(C7CCCC7)cc6cc4B5c4c(C)cc(C)cc4C)c4cc5ccccc5c2c43)c(C)c1. The van der Waals surface area contributed by atoms with Gasteiger partial charge in [0.05, 0.1) is 22.7 Å². The van der Waals surface area contributed by atoms with Crippen molar-refractivity contribution < 1.29 is 0 Å². The Morgan fingerprint density at radius 2 is 0.722 bits per heavy atom. The zero-order chi connectivity index (χ0) is 48.3. The second-order valence-corrected chi connectivity index (χ2v) is 22.9. The molecule has 4 heteroatoms. The molecule has 0 spiro atoms. The van der Waals surface area contributed by atoms with E-state index in [9.17, 15) is 0 Å². The van der Waals surface area contributed by atoms with Crippen molar-refractivity contribution >= 4 is 123 Å². The molecule has 348 valence electrons. The lowest BCUT2D eigenvalue weighted by Crippen LogP contribution is -2.62. The highest BCUT2D eigenvalue weighted by atomic mass is 15.3. The van der Waals surface area contributed by atoms with E-state index in [0.29, 0.717) is 11.8 Å². The minimum Gasteiger partial charge on any atom is -0.307 e. The zero-order valence-corrected chi connectivity index (χ0v) is 42.7. The standard InChI is InChI=1S/C68H60B2N2/c1-39-27-41(3)63(42(4)28-39)69-57-33-53-31-47(45-15-7-8-16-45)23-25-49(53)35-59(57)71-62-38-52-20-12-14-22-56(52)66-68(62)72(61-37-51-19-11-13-21-55(51)65(69)67(61)71)60-36-50-26-24-48(46-17-9-10-18-46)32-54(50)34-58(60)70(66)64-43(5)29-40(2)30-44(64)6/h11-14,19-38,45-46H,7-10,15-18H2,1-6H3. The lowest BCUT2D eigenvalue weighted by Gasteiger charge is -2.50. The lowest BCUT2D eigenvalue weighted by atomic mass is 9.32. The summed E-state index contributed by atoms with van der Waals surface area (Å²) >= 11 is 0. The van der Waals surface area contributed by atoms with E-state index in [4.69, 9.17) is 0 Å². The molecule has 0 unspecified atom stereocenters. The summed E-state index contributed by atoms with van der Waals surface area (Å²) in [5.41, 5.74) is 27.3. The topological polar surface area (TPSA) is 6.48 Å². The van der Waals surface area contributed by atoms with Crippen molar-refractivity contribution in [3.63, 3.8) is 0 Å². The predicted molar refractivity (Wildman–Crippen MR) is 312 cm³/mol. The van der Waals surface area contributed by atoms with Gasteiger partial charge in [0.2, 0.25) is 13.4 Å². The van der Waals surface area contributed by atoms with Crippen LogP contribution in [0.4, 0.5) is 34.1 Å². The first kappa shape index (κ1) is 42.6. The van der Waals surface area contributed by atoms with Crippen LogP contribution in [-0.4, -0.2) is 13.4 Å². The van der Waals surface area contributed by atoms with Gasteiger partial charge in [0, 0.05) is 11.4 Å². The third-order valence-corrected chi connectivity index (χ3v) is 18.4. The average molecular weight is 927 g/mol. The van der Waals surface area contributed by atoms with E-state index in [-0.39, 0.29) is 13.4 Å². The molecule has 3 heterocycles. The van der Waals surface area contributed by atoms with E-state index in [1.165, 1.54) is 206 Å². The molecule has 10 aromatic carbocycles. The van der Waals surface area contributed by atoms with Crippen LogP contribution in [0.2, 0.25) is 0 Å². The molecule has 2 aliphatic carbocycles. The highest BCUT2D eigenvalue weighted by Crippen LogP contribution is 2.57. The normalized spacial score (nSPS) is 16.1. The zero-order valence-electron chi connectivity index (χ0n) is 42.7. The Bertz CT molecular complexity index is 3700. The Balaban J connectivity index is 1.11. The monoisotopic (exact) mass is 926 g/mol. The fourth-order valence-corrected chi connectivity index (χ4v) is 15.6. The molecule has 15 rings (SSSR count). The summed E-state index contributed by atoms with van der Waals surface area (Å²) in [4.78, 5) is 5.50.